The summed E-state index contributed by atoms with van der Waals surface area (Å²) in [5, 5.41) is 15.6. The van der Waals surface area contributed by atoms with E-state index in [9.17, 15) is 19.1 Å². The summed E-state index contributed by atoms with van der Waals surface area (Å²) in [4.78, 5) is 29.4. The van der Waals surface area contributed by atoms with E-state index in [-0.39, 0.29) is 49.4 Å². The smallest absolute Gasteiger partial charge is 0.274 e. The molecule has 32 heavy (non-hydrogen) atoms. The number of aryl methyl sites for hydroxylation is 2. The van der Waals surface area contributed by atoms with Gasteiger partial charge in [0.2, 0.25) is 0 Å². The van der Waals surface area contributed by atoms with Gasteiger partial charge in [0.1, 0.15) is 11.6 Å². The van der Waals surface area contributed by atoms with E-state index in [1.807, 2.05) is 0 Å². The van der Waals surface area contributed by atoms with Gasteiger partial charge in [-0.15, -0.1) is 0 Å². The molecule has 1 aliphatic rings. The van der Waals surface area contributed by atoms with Crippen molar-refractivity contribution in [2.75, 3.05) is 26.3 Å². The van der Waals surface area contributed by atoms with E-state index >= 15 is 0 Å². The van der Waals surface area contributed by atoms with Crippen molar-refractivity contribution in [3.63, 3.8) is 0 Å². The first-order chi connectivity index (χ1) is 15.4. The molecule has 174 valence electrons. The van der Waals surface area contributed by atoms with E-state index in [2.05, 4.69) is 15.6 Å². The molecule has 0 saturated heterocycles. The van der Waals surface area contributed by atoms with Gasteiger partial charge in [0, 0.05) is 24.0 Å². The number of hydrogen-bond donors (Lipinski definition) is 3. The normalized spacial score (nSPS) is 13.7. The number of aliphatic hydroxyl groups is 1. The molecule has 1 atom stereocenters. The second-order valence-electron chi connectivity index (χ2n) is 7.31. The molecule has 8 nitrogen and oxygen atoms in total. The van der Waals surface area contributed by atoms with Crippen molar-refractivity contribution in [3.05, 3.63) is 39.6 Å². The predicted molar refractivity (Wildman–Crippen MR) is 118 cm³/mol. The second-order valence-corrected chi connectivity index (χ2v) is 8.76. The van der Waals surface area contributed by atoms with E-state index in [1.54, 1.807) is 0 Å². The largest absolute Gasteiger partial charge is 0.484 e. The number of ether oxygens (including phenoxy) is 2. The van der Waals surface area contributed by atoms with Crippen LogP contribution in [0.5, 0.6) is 10.9 Å². The quantitative estimate of drug-likeness (QED) is 0.450. The molecule has 3 rings (SSSR count). The fourth-order valence-electron chi connectivity index (χ4n) is 3.05. The Morgan fingerprint density at radius 1 is 1.19 bits per heavy atom. The summed E-state index contributed by atoms with van der Waals surface area (Å²) in [5.41, 5.74) is 1.08. The summed E-state index contributed by atoms with van der Waals surface area (Å²) in [6.45, 7) is -0.244. The number of aromatic nitrogens is 1. The van der Waals surface area contributed by atoms with Gasteiger partial charge < -0.3 is 25.2 Å². The van der Waals surface area contributed by atoms with Crippen molar-refractivity contribution in [3.8, 4) is 10.9 Å². The van der Waals surface area contributed by atoms with Gasteiger partial charge >= 0.3 is 0 Å². The van der Waals surface area contributed by atoms with Gasteiger partial charge in [-0.25, -0.2) is 9.37 Å². The number of rotatable bonds is 11. The maximum Gasteiger partial charge on any atom is 0.274 e. The molecule has 11 heteroatoms. The standard InChI is InChI=1S/C21H25ClFN3O5S/c22-15-6-5-14(9-16(15)23)30-11-20(29)25-10-13(27)7-8-24-19(28)12-31-21-26-17-3-1-2-4-18(17)32-21/h5-6,9,13,27H,1-4,7-8,10-12H2,(H,24,28)(H,25,29)/t13-/m0/s1. The molecule has 1 aromatic heterocycles. The molecule has 0 aliphatic heterocycles. The first-order valence-corrected chi connectivity index (χ1v) is 11.5. The Morgan fingerprint density at radius 2 is 1.94 bits per heavy atom. The summed E-state index contributed by atoms with van der Waals surface area (Å²) in [6, 6.07) is 3.86. The van der Waals surface area contributed by atoms with Crippen LogP contribution in [-0.4, -0.2) is 54.3 Å². The number of fused-ring (bicyclic) bond motifs is 1. The van der Waals surface area contributed by atoms with Gasteiger partial charge in [0.05, 0.1) is 16.8 Å². The summed E-state index contributed by atoms with van der Waals surface area (Å²) in [7, 11) is 0. The number of carbonyl (C=O) groups excluding carboxylic acids is 2. The van der Waals surface area contributed by atoms with Gasteiger partial charge in [-0.3, -0.25) is 9.59 Å². The fourth-order valence-corrected chi connectivity index (χ4v) is 4.16. The SMILES string of the molecule is O=C(COc1ccc(Cl)c(F)c1)NC[C@@H](O)CCNC(=O)COc1nc2c(s1)CCCC2. The maximum atomic E-state index is 13.3. The highest BCUT2D eigenvalue weighted by Crippen LogP contribution is 2.30. The van der Waals surface area contributed by atoms with Gasteiger partial charge in [-0.2, -0.15) is 0 Å². The molecular formula is C21H25ClFN3O5S. The van der Waals surface area contributed by atoms with Crippen molar-refractivity contribution in [2.24, 2.45) is 0 Å². The Balaban J connectivity index is 1.25. The Labute approximate surface area is 194 Å². The summed E-state index contributed by atoms with van der Waals surface area (Å²) < 4.78 is 24.0. The highest BCUT2D eigenvalue weighted by Gasteiger charge is 2.16. The Bertz CT molecular complexity index is 919. The first-order valence-electron chi connectivity index (χ1n) is 10.3. The van der Waals surface area contributed by atoms with Crippen LogP contribution in [0.25, 0.3) is 0 Å². The zero-order valence-corrected chi connectivity index (χ0v) is 18.9. The van der Waals surface area contributed by atoms with Crippen molar-refractivity contribution >= 4 is 34.8 Å². The number of nitrogens with one attached hydrogen (secondary N) is 2. The zero-order chi connectivity index (χ0) is 22.9. The molecule has 0 radical (unpaired) electrons. The average molecular weight is 486 g/mol. The zero-order valence-electron chi connectivity index (χ0n) is 17.4. The molecule has 0 saturated carbocycles. The minimum atomic E-state index is -0.848. The summed E-state index contributed by atoms with van der Waals surface area (Å²) in [5.74, 6) is -1.25. The molecule has 2 amide bonds. The number of halogens is 2. The minimum Gasteiger partial charge on any atom is -0.484 e. The van der Waals surface area contributed by atoms with Crippen molar-refractivity contribution in [2.45, 2.75) is 38.2 Å². The number of carbonyl (C=O) groups is 2. The molecule has 1 heterocycles. The van der Waals surface area contributed by atoms with E-state index in [0.29, 0.717) is 5.19 Å². The van der Waals surface area contributed by atoms with Crippen LogP contribution in [-0.2, 0) is 22.4 Å². The molecule has 1 aromatic carbocycles. The molecule has 0 unspecified atom stereocenters. The van der Waals surface area contributed by atoms with E-state index in [0.717, 1.165) is 37.4 Å². The van der Waals surface area contributed by atoms with Crippen LogP contribution >= 0.6 is 22.9 Å². The minimum absolute atomic E-state index is 0.00574. The Morgan fingerprint density at radius 3 is 2.72 bits per heavy atom. The van der Waals surface area contributed by atoms with Gasteiger partial charge in [-0.1, -0.05) is 22.9 Å². The second kappa shape index (κ2) is 12.0. The Kier molecular flexibility index (Phi) is 9.07. The van der Waals surface area contributed by atoms with Crippen LogP contribution in [0, 0.1) is 5.82 Å². The van der Waals surface area contributed by atoms with Crippen LogP contribution in [0.15, 0.2) is 18.2 Å². The first kappa shape index (κ1) is 24.2. The molecule has 0 bridgehead atoms. The lowest BCUT2D eigenvalue weighted by Crippen LogP contribution is -2.37. The van der Waals surface area contributed by atoms with E-state index in [4.69, 9.17) is 21.1 Å². The number of thiazole rings is 1. The predicted octanol–water partition coefficient (Wildman–Crippen LogP) is 2.26. The average Bonchev–Trinajstić information content (AvgIpc) is 3.20. The Hall–Kier alpha value is -2.43. The maximum absolute atomic E-state index is 13.3. The lowest BCUT2D eigenvalue weighted by atomic mass is 10.0. The van der Waals surface area contributed by atoms with Crippen molar-refractivity contribution in [1.29, 1.82) is 0 Å². The molecule has 3 N–H and O–H groups in total. The van der Waals surface area contributed by atoms with Crippen molar-refractivity contribution in [1.82, 2.24) is 15.6 Å². The van der Waals surface area contributed by atoms with E-state index < -0.39 is 17.8 Å². The molecule has 0 spiro atoms. The van der Waals surface area contributed by atoms with Crippen LogP contribution in [0.1, 0.15) is 29.8 Å². The fraction of sp³-hybridized carbons (Fsp3) is 0.476. The van der Waals surface area contributed by atoms with Gasteiger partial charge in [0.15, 0.2) is 13.2 Å². The van der Waals surface area contributed by atoms with Crippen molar-refractivity contribution < 1.29 is 28.6 Å². The summed E-state index contributed by atoms with van der Waals surface area (Å²) in [6.07, 6.45) is 3.67. The van der Waals surface area contributed by atoms with Gasteiger partial charge in [0.25, 0.3) is 17.0 Å². The molecule has 2 aromatic rings. The molecular weight excluding hydrogens is 461 g/mol. The third kappa shape index (κ3) is 7.61. The molecule has 1 aliphatic carbocycles. The number of hydrogen-bond acceptors (Lipinski definition) is 7. The van der Waals surface area contributed by atoms with Crippen LogP contribution < -0.4 is 20.1 Å². The van der Waals surface area contributed by atoms with E-state index in [1.165, 1.54) is 28.3 Å². The summed E-state index contributed by atoms with van der Waals surface area (Å²) >= 11 is 7.07. The number of benzene rings is 1. The number of nitrogens with zero attached hydrogens (tertiary/aromatic N) is 1. The number of aliphatic hydroxyl groups excluding tert-OH is 1. The third-order valence-electron chi connectivity index (χ3n) is 4.75. The molecule has 0 fully saturated rings. The lowest BCUT2D eigenvalue weighted by Gasteiger charge is -2.13. The lowest BCUT2D eigenvalue weighted by molar-refractivity contribution is -0.124. The van der Waals surface area contributed by atoms with Crippen LogP contribution in [0.2, 0.25) is 5.02 Å². The van der Waals surface area contributed by atoms with Gasteiger partial charge in [-0.05, 0) is 44.2 Å². The highest BCUT2D eigenvalue weighted by molar-refractivity contribution is 7.13. The van der Waals surface area contributed by atoms with Crippen LogP contribution in [0.4, 0.5) is 4.39 Å². The van der Waals surface area contributed by atoms with Crippen LogP contribution in [0.3, 0.4) is 0 Å². The highest BCUT2D eigenvalue weighted by atomic mass is 35.5. The third-order valence-corrected chi connectivity index (χ3v) is 6.12. The topological polar surface area (TPSA) is 110 Å². The monoisotopic (exact) mass is 485 g/mol. The number of amides is 2.